The molecule has 2 aromatic heterocycles. The van der Waals surface area contributed by atoms with Crippen LogP contribution >= 0.6 is 12.2 Å². The summed E-state index contributed by atoms with van der Waals surface area (Å²) in [6.07, 6.45) is 3.67. The van der Waals surface area contributed by atoms with Gasteiger partial charge in [0.1, 0.15) is 5.82 Å². The molecular formula is C12H12N6S. The van der Waals surface area contributed by atoms with E-state index in [2.05, 4.69) is 20.5 Å². The van der Waals surface area contributed by atoms with Crippen LogP contribution in [0.3, 0.4) is 0 Å². The zero-order valence-corrected chi connectivity index (χ0v) is 11.0. The molecule has 0 atom stereocenters. The Labute approximate surface area is 114 Å². The van der Waals surface area contributed by atoms with Gasteiger partial charge in [0.25, 0.3) is 0 Å². The number of H-pyrrole nitrogens is 1. The summed E-state index contributed by atoms with van der Waals surface area (Å²) in [4.78, 5) is 4.33. The van der Waals surface area contributed by atoms with Gasteiger partial charge in [-0.3, -0.25) is 5.10 Å². The van der Waals surface area contributed by atoms with E-state index in [9.17, 15) is 0 Å². The maximum absolute atomic E-state index is 5.48. The number of benzene rings is 1. The number of nitrogens with two attached hydrogens (primary N) is 1. The average molecular weight is 272 g/mol. The second-order valence-electron chi connectivity index (χ2n) is 4.18. The third-order valence-electron chi connectivity index (χ3n) is 2.88. The lowest BCUT2D eigenvalue weighted by Gasteiger charge is -2.03. The van der Waals surface area contributed by atoms with E-state index in [4.69, 9.17) is 18.0 Å². The molecular weight excluding hydrogens is 260 g/mol. The van der Waals surface area contributed by atoms with Gasteiger partial charge in [-0.25, -0.2) is 4.98 Å². The van der Waals surface area contributed by atoms with Crippen LogP contribution in [0.1, 0.15) is 0 Å². The third kappa shape index (κ3) is 2.04. The van der Waals surface area contributed by atoms with Gasteiger partial charge < -0.3 is 15.6 Å². The Kier molecular flexibility index (Phi) is 2.68. The van der Waals surface area contributed by atoms with E-state index in [0.29, 0.717) is 5.82 Å². The number of nitrogens with one attached hydrogen (secondary N) is 2. The molecule has 0 saturated carbocycles. The lowest BCUT2D eigenvalue weighted by molar-refractivity contribution is 0.925. The fourth-order valence-electron chi connectivity index (χ4n) is 2.01. The van der Waals surface area contributed by atoms with E-state index < -0.39 is 0 Å². The Balaban J connectivity index is 2.14. The summed E-state index contributed by atoms with van der Waals surface area (Å²) in [5, 5.41) is 11.0. The molecule has 3 rings (SSSR count). The Hall–Kier alpha value is -2.41. The summed E-state index contributed by atoms with van der Waals surface area (Å²) in [5.74, 6) is 1.52. The zero-order chi connectivity index (χ0) is 13.4. The zero-order valence-electron chi connectivity index (χ0n) is 10.2. The third-order valence-corrected chi connectivity index (χ3v) is 2.99. The number of nitrogens with zero attached hydrogens (tertiary/aromatic N) is 3. The molecule has 0 aliphatic heterocycles. The number of anilines is 1. The number of thiocarbonyl (C=S) groups is 1. The molecule has 4 N–H and O–H groups in total. The maximum Gasteiger partial charge on any atom is 0.169 e. The second kappa shape index (κ2) is 4.36. The number of aryl methyl sites for hydroxylation is 1. The average Bonchev–Trinajstić information content (AvgIpc) is 2.95. The molecule has 0 radical (unpaired) electrons. The molecule has 0 amide bonds. The molecule has 1 aromatic carbocycles. The van der Waals surface area contributed by atoms with Crippen molar-refractivity contribution >= 4 is 34.1 Å². The van der Waals surface area contributed by atoms with Gasteiger partial charge >= 0.3 is 0 Å². The normalized spacial score (nSPS) is 10.8. The van der Waals surface area contributed by atoms with Crippen LogP contribution in [0.4, 0.5) is 5.82 Å². The van der Waals surface area contributed by atoms with Crippen LogP contribution in [0, 0.1) is 0 Å². The van der Waals surface area contributed by atoms with Crippen LogP contribution in [0.25, 0.3) is 22.3 Å². The minimum atomic E-state index is 0.191. The van der Waals surface area contributed by atoms with Crippen LogP contribution in [0.5, 0.6) is 0 Å². The van der Waals surface area contributed by atoms with Crippen molar-refractivity contribution in [3.8, 4) is 11.4 Å². The van der Waals surface area contributed by atoms with Crippen molar-refractivity contribution in [3.05, 3.63) is 30.6 Å². The van der Waals surface area contributed by atoms with E-state index >= 15 is 0 Å². The summed E-state index contributed by atoms with van der Waals surface area (Å²) in [6, 6.07) is 5.95. The van der Waals surface area contributed by atoms with Gasteiger partial charge in [-0.1, -0.05) is 0 Å². The molecule has 0 aliphatic rings. The molecule has 19 heavy (non-hydrogen) atoms. The highest BCUT2D eigenvalue weighted by atomic mass is 32.1. The molecule has 7 heteroatoms. The molecule has 6 nitrogen and oxygen atoms in total. The molecule has 0 unspecified atom stereocenters. The summed E-state index contributed by atoms with van der Waals surface area (Å²) in [5.41, 5.74) is 7.40. The first kappa shape index (κ1) is 11.7. The summed E-state index contributed by atoms with van der Waals surface area (Å²) in [6.45, 7) is 0. The van der Waals surface area contributed by atoms with Gasteiger partial charge in [-0.2, -0.15) is 5.10 Å². The van der Waals surface area contributed by atoms with Crippen LogP contribution in [0.15, 0.2) is 30.6 Å². The lowest BCUT2D eigenvalue weighted by Crippen LogP contribution is -2.19. The number of imidazole rings is 1. The van der Waals surface area contributed by atoms with Crippen LogP contribution in [0.2, 0.25) is 0 Å². The summed E-state index contributed by atoms with van der Waals surface area (Å²) >= 11 is 4.84. The molecule has 0 aliphatic carbocycles. The predicted molar refractivity (Wildman–Crippen MR) is 78.7 cm³/mol. The standard InChI is InChI=1S/C12H12N6S/c1-18-5-4-14-11(18)7-2-3-9-8(6-7)10(17-16-9)15-12(13)19/h2-6H,1H3,(H4,13,15,16,17,19). The van der Waals surface area contributed by atoms with Crippen molar-refractivity contribution in [2.45, 2.75) is 0 Å². The quantitative estimate of drug-likeness (QED) is 0.617. The van der Waals surface area contributed by atoms with E-state index in [0.717, 1.165) is 22.3 Å². The fourth-order valence-corrected chi connectivity index (χ4v) is 2.11. The van der Waals surface area contributed by atoms with Crippen molar-refractivity contribution in [1.82, 2.24) is 19.7 Å². The van der Waals surface area contributed by atoms with Gasteiger partial charge in [0.2, 0.25) is 0 Å². The Morgan fingerprint density at radius 2 is 2.32 bits per heavy atom. The van der Waals surface area contributed by atoms with Crippen molar-refractivity contribution in [2.24, 2.45) is 12.8 Å². The van der Waals surface area contributed by atoms with Crippen molar-refractivity contribution < 1.29 is 0 Å². The number of hydrogen-bond donors (Lipinski definition) is 3. The minimum Gasteiger partial charge on any atom is -0.376 e. The van der Waals surface area contributed by atoms with Crippen LogP contribution in [-0.2, 0) is 7.05 Å². The number of hydrogen-bond acceptors (Lipinski definition) is 3. The smallest absolute Gasteiger partial charge is 0.169 e. The minimum absolute atomic E-state index is 0.191. The van der Waals surface area contributed by atoms with Crippen molar-refractivity contribution in [2.75, 3.05) is 5.32 Å². The first-order chi connectivity index (χ1) is 9.15. The lowest BCUT2D eigenvalue weighted by atomic mass is 10.1. The highest BCUT2D eigenvalue weighted by molar-refractivity contribution is 7.80. The highest BCUT2D eigenvalue weighted by Gasteiger charge is 2.09. The highest BCUT2D eigenvalue weighted by Crippen LogP contribution is 2.26. The predicted octanol–water partition coefficient (Wildman–Crippen LogP) is 1.62. The van der Waals surface area contributed by atoms with Gasteiger partial charge in [0, 0.05) is 30.4 Å². The number of rotatable bonds is 2. The molecule has 0 bridgehead atoms. The monoisotopic (exact) mass is 272 g/mol. The van der Waals surface area contributed by atoms with E-state index in [-0.39, 0.29) is 5.11 Å². The Morgan fingerprint density at radius 3 is 3.00 bits per heavy atom. The topological polar surface area (TPSA) is 84.5 Å². The first-order valence-electron chi connectivity index (χ1n) is 5.67. The number of aromatic amines is 1. The van der Waals surface area contributed by atoms with E-state index in [1.165, 1.54) is 0 Å². The van der Waals surface area contributed by atoms with Crippen molar-refractivity contribution in [3.63, 3.8) is 0 Å². The van der Waals surface area contributed by atoms with Gasteiger partial charge in [-0.05, 0) is 30.4 Å². The summed E-state index contributed by atoms with van der Waals surface area (Å²) < 4.78 is 1.96. The largest absolute Gasteiger partial charge is 0.376 e. The van der Waals surface area contributed by atoms with Gasteiger partial charge in [0.15, 0.2) is 10.9 Å². The van der Waals surface area contributed by atoms with Crippen LogP contribution < -0.4 is 11.1 Å². The molecule has 3 aromatic rings. The Bertz CT molecular complexity index is 757. The number of fused-ring (bicyclic) bond motifs is 1. The Morgan fingerprint density at radius 1 is 1.47 bits per heavy atom. The molecule has 96 valence electrons. The van der Waals surface area contributed by atoms with Gasteiger partial charge in [0.05, 0.1) is 5.52 Å². The second-order valence-corrected chi connectivity index (χ2v) is 4.62. The van der Waals surface area contributed by atoms with Crippen LogP contribution in [-0.4, -0.2) is 24.9 Å². The van der Waals surface area contributed by atoms with Crippen molar-refractivity contribution in [1.29, 1.82) is 0 Å². The van der Waals surface area contributed by atoms with Gasteiger partial charge in [-0.15, -0.1) is 0 Å². The molecule has 0 fully saturated rings. The molecule has 0 spiro atoms. The first-order valence-corrected chi connectivity index (χ1v) is 6.08. The fraction of sp³-hybridized carbons (Fsp3) is 0.0833. The number of aromatic nitrogens is 4. The molecule has 0 saturated heterocycles. The van der Waals surface area contributed by atoms with E-state index in [1.807, 2.05) is 36.0 Å². The molecule has 2 heterocycles. The summed E-state index contributed by atoms with van der Waals surface area (Å²) in [7, 11) is 1.95. The SMILES string of the molecule is Cn1ccnc1-c1ccc2[nH]nc(NC(N)=S)c2c1. The maximum atomic E-state index is 5.48. The van der Waals surface area contributed by atoms with E-state index in [1.54, 1.807) is 6.20 Å².